The molecule has 18 heavy (non-hydrogen) atoms. The van der Waals surface area contributed by atoms with Crippen LogP contribution in [-0.2, 0) is 4.79 Å². The summed E-state index contributed by atoms with van der Waals surface area (Å²) in [6.45, 7) is 1.80. The lowest BCUT2D eigenvalue weighted by Gasteiger charge is -2.13. The van der Waals surface area contributed by atoms with Crippen LogP contribution in [-0.4, -0.2) is 23.0 Å². The van der Waals surface area contributed by atoms with Gasteiger partial charge in [0.25, 0.3) is 5.91 Å². The zero-order chi connectivity index (χ0) is 13.7. The predicted octanol–water partition coefficient (Wildman–Crippen LogP) is 3.04. The minimum absolute atomic E-state index is 0.0526. The predicted molar refractivity (Wildman–Crippen MR) is 80.7 cm³/mol. The molecular formula is C12H13BrINO3. The first-order valence-electron chi connectivity index (χ1n) is 5.38. The van der Waals surface area contributed by atoms with E-state index in [0.29, 0.717) is 12.0 Å². The van der Waals surface area contributed by atoms with Crippen molar-refractivity contribution in [3.63, 3.8) is 0 Å². The van der Waals surface area contributed by atoms with Crippen LogP contribution in [0.2, 0.25) is 0 Å². The first-order valence-corrected chi connectivity index (χ1v) is 7.25. The number of halogens is 2. The van der Waals surface area contributed by atoms with Gasteiger partial charge in [0.15, 0.2) is 0 Å². The van der Waals surface area contributed by atoms with Crippen molar-refractivity contribution in [2.75, 3.05) is 0 Å². The molecule has 0 saturated heterocycles. The highest BCUT2D eigenvalue weighted by atomic mass is 127. The standard InChI is InChI=1S/C12H13BrINO3/c1-7(2-5-11(16)17)15-12(18)9-6-8(13)3-4-10(9)14/h3-4,6-7H,2,5H2,1H3,(H,15,18)(H,16,17). The Balaban J connectivity index is 2.64. The molecule has 0 aliphatic carbocycles. The molecule has 1 unspecified atom stereocenters. The minimum atomic E-state index is -0.854. The summed E-state index contributed by atoms with van der Waals surface area (Å²) in [4.78, 5) is 22.4. The van der Waals surface area contributed by atoms with E-state index in [1.807, 2.05) is 12.1 Å². The second kappa shape index (κ2) is 7.08. The number of hydrogen-bond acceptors (Lipinski definition) is 2. The van der Waals surface area contributed by atoms with Crippen LogP contribution in [0.25, 0.3) is 0 Å². The maximum atomic E-state index is 12.0. The van der Waals surface area contributed by atoms with Crippen molar-refractivity contribution >= 4 is 50.4 Å². The highest BCUT2D eigenvalue weighted by molar-refractivity contribution is 14.1. The summed E-state index contributed by atoms with van der Waals surface area (Å²) in [5, 5.41) is 11.4. The molecule has 0 radical (unpaired) electrons. The fourth-order valence-corrected chi connectivity index (χ4v) is 2.33. The third-order valence-electron chi connectivity index (χ3n) is 2.34. The largest absolute Gasteiger partial charge is 0.481 e. The van der Waals surface area contributed by atoms with Crippen molar-refractivity contribution in [3.8, 4) is 0 Å². The van der Waals surface area contributed by atoms with Gasteiger partial charge in [0.1, 0.15) is 0 Å². The van der Waals surface area contributed by atoms with E-state index in [2.05, 4.69) is 43.8 Å². The van der Waals surface area contributed by atoms with Gasteiger partial charge in [-0.15, -0.1) is 0 Å². The van der Waals surface area contributed by atoms with Crippen molar-refractivity contribution in [2.24, 2.45) is 0 Å². The maximum absolute atomic E-state index is 12.0. The number of carbonyl (C=O) groups is 2. The molecule has 0 aromatic heterocycles. The van der Waals surface area contributed by atoms with Gasteiger partial charge in [0.05, 0.1) is 5.56 Å². The number of amides is 1. The van der Waals surface area contributed by atoms with Crippen LogP contribution in [0.15, 0.2) is 22.7 Å². The van der Waals surface area contributed by atoms with E-state index < -0.39 is 5.97 Å². The van der Waals surface area contributed by atoms with Crippen LogP contribution in [0, 0.1) is 3.57 Å². The van der Waals surface area contributed by atoms with Crippen molar-refractivity contribution < 1.29 is 14.7 Å². The molecule has 98 valence electrons. The number of rotatable bonds is 5. The van der Waals surface area contributed by atoms with Gasteiger partial charge < -0.3 is 10.4 Å². The quantitative estimate of drug-likeness (QED) is 0.712. The van der Waals surface area contributed by atoms with Crippen molar-refractivity contribution in [1.29, 1.82) is 0 Å². The molecular weight excluding hydrogens is 413 g/mol. The SMILES string of the molecule is CC(CCC(=O)O)NC(=O)c1cc(Br)ccc1I. The van der Waals surface area contributed by atoms with E-state index in [0.717, 1.165) is 8.04 Å². The van der Waals surface area contributed by atoms with E-state index in [1.165, 1.54) is 0 Å². The van der Waals surface area contributed by atoms with Crippen LogP contribution < -0.4 is 5.32 Å². The fourth-order valence-electron chi connectivity index (χ4n) is 1.39. The third-order valence-corrected chi connectivity index (χ3v) is 3.78. The van der Waals surface area contributed by atoms with Crippen molar-refractivity contribution in [3.05, 3.63) is 31.8 Å². The summed E-state index contributed by atoms with van der Waals surface area (Å²) < 4.78 is 1.70. The molecule has 0 saturated carbocycles. The molecule has 1 atom stereocenters. The van der Waals surface area contributed by atoms with Crippen LogP contribution in [0.4, 0.5) is 0 Å². The Bertz CT molecular complexity index is 465. The lowest BCUT2D eigenvalue weighted by atomic mass is 10.1. The van der Waals surface area contributed by atoms with Crippen molar-refractivity contribution in [1.82, 2.24) is 5.32 Å². The maximum Gasteiger partial charge on any atom is 0.303 e. The van der Waals surface area contributed by atoms with Gasteiger partial charge in [-0.3, -0.25) is 9.59 Å². The molecule has 1 amide bonds. The van der Waals surface area contributed by atoms with Crippen LogP contribution in [0.5, 0.6) is 0 Å². The fraction of sp³-hybridized carbons (Fsp3) is 0.333. The second-order valence-electron chi connectivity index (χ2n) is 3.93. The Labute approximate surface area is 127 Å². The van der Waals surface area contributed by atoms with Gasteiger partial charge in [-0.25, -0.2) is 0 Å². The molecule has 0 aliphatic heterocycles. The van der Waals surface area contributed by atoms with Gasteiger partial charge in [-0.05, 0) is 54.1 Å². The molecule has 6 heteroatoms. The molecule has 0 fully saturated rings. The minimum Gasteiger partial charge on any atom is -0.481 e. The first kappa shape index (κ1) is 15.4. The number of aliphatic carboxylic acids is 1. The van der Waals surface area contributed by atoms with E-state index >= 15 is 0 Å². The first-order chi connectivity index (χ1) is 8.40. The van der Waals surface area contributed by atoms with Crippen LogP contribution in [0.3, 0.4) is 0 Å². The summed E-state index contributed by atoms with van der Waals surface area (Å²) >= 11 is 5.41. The number of hydrogen-bond donors (Lipinski definition) is 2. The summed E-state index contributed by atoms with van der Waals surface area (Å²) in [6.07, 6.45) is 0.475. The summed E-state index contributed by atoms with van der Waals surface area (Å²) in [6, 6.07) is 5.30. The lowest BCUT2D eigenvalue weighted by molar-refractivity contribution is -0.137. The van der Waals surface area contributed by atoms with Gasteiger partial charge in [-0.2, -0.15) is 0 Å². The molecule has 1 rings (SSSR count). The zero-order valence-corrected chi connectivity index (χ0v) is 13.5. The molecule has 0 heterocycles. The monoisotopic (exact) mass is 425 g/mol. The number of nitrogens with one attached hydrogen (secondary N) is 1. The van der Waals surface area contributed by atoms with E-state index in [4.69, 9.17) is 5.11 Å². The Morgan fingerprint density at radius 1 is 1.50 bits per heavy atom. The summed E-state index contributed by atoms with van der Waals surface area (Å²) in [5.41, 5.74) is 0.590. The lowest BCUT2D eigenvalue weighted by Crippen LogP contribution is -2.33. The normalized spacial score (nSPS) is 11.9. The molecule has 2 N–H and O–H groups in total. The van der Waals surface area contributed by atoms with E-state index in [9.17, 15) is 9.59 Å². The van der Waals surface area contributed by atoms with Crippen LogP contribution in [0.1, 0.15) is 30.1 Å². The third kappa shape index (κ3) is 4.93. The average Bonchev–Trinajstić information content (AvgIpc) is 2.29. The molecule has 0 aliphatic rings. The number of carbonyl (C=O) groups excluding carboxylic acids is 1. The Hall–Kier alpha value is -0.630. The molecule has 0 spiro atoms. The second-order valence-corrected chi connectivity index (χ2v) is 6.01. The summed E-state index contributed by atoms with van der Waals surface area (Å²) in [5.74, 6) is -1.04. The molecule has 0 bridgehead atoms. The van der Waals surface area contributed by atoms with E-state index in [-0.39, 0.29) is 18.4 Å². The van der Waals surface area contributed by atoms with E-state index in [1.54, 1.807) is 13.0 Å². The van der Waals surface area contributed by atoms with Gasteiger partial charge in [0, 0.05) is 20.5 Å². The van der Waals surface area contributed by atoms with Gasteiger partial charge in [0.2, 0.25) is 0 Å². The Morgan fingerprint density at radius 2 is 2.17 bits per heavy atom. The molecule has 4 nitrogen and oxygen atoms in total. The number of carboxylic acid groups (broad SMARTS) is 1. The highest BCUT2D eigenvalue weighted by Crippen LogP contribution is 2.18. The number of benzene rings is 1. The Morgan fingerprint density at radius 3 is 2.78 bits per heavy atom. The topological polar surface area (TPSA) is 66.4 Å². The van der Waals surface area contributed by atoms with Crippen LogP contribution >= 0.6 is 38.5 Å². The zero-order valence-electron chi connectivity index (χ0n) is 9.74. The Kier molecular flexibility index (Phi) is 6.07. The summed E-state index contributed by atoms with van der Waals surface area (Å²) in [7, 11) is 0. The smallest absolute Gasteiger partial charge is 0.303 e. The molecule has 1 aromatic rings. The number of carboxylic acids is 1. The van der Waals surface area contributed by atoms with Gasteiger partial charge >= 0.3 is 5.97 Å². The highest BCUT2D eigenvalue weighted by Gasteiger charge is 2.13. The van der Waals surface area contributed by atoms with Crippen molar-refractivity contribution in [2.45, 2.75) is 25.8 Å². The van der Waals surface area contributed by atoms with Gasteiger partial charge in [-0.1, -0.05) is 15.9 Å². The average molecular weight is 426 g/mol. The molecule has 1 aromatic carbocycles.